The summed E-state index contributed by atoms with van der Waals surface area (Å²) in [4.78, 5) is 23.9. The lowest BCUT2D eigenvalue weighted by molar-refractivity contribution is -0.121. The molecule has 0 heterocycles. The summed E-state index contributed by atoms with van der Waals surface area (Å²) in [7, 11) is 1.81. The van der Waals surface area contributed by atoms with E-state index in [4.69, 9.17) is 0 Å². The van der Waals surface area contributed by atoms with E-state index in [-0.39, 0.29) is 24.2 Å². The van der Waals surface area contributed by atoms with Gasteiger partial charge in [0, 0.05) is 30.8 Å². The second kappa shape index (κ2) is 10.5. The third-order valence-electron chi connectivity index (χ3n) is 3.59. The lowest BCUT2D eigenvalue weighted by atomic mass is 10.1. The monoisotopic (exact) mass is 361 g/mol. The van der Waals surface area contributed by atoms with Crippen molar-refractivity contribution in [3.05, 3.63) is 65.2 Å². The van der Waals surface area contributed by atoms with Crippen LogP contribution in [0.3, 0.4) is 0 Å². The maximum absolute atomic E-state index is 12.2. The first-order chi connectivity index (χ1) is 11.6. The summed E-state index contributed by atoms with van der Waals surface area (Å²) in [6.45, 7) is 3.07. The lowest BCUT2D eigenvalue weighted by Gasteiger charge is -2.09. The van der Waals surface area contributed by atoms with Crippen LogP contribution < -0.4 is 16.0 Å². The highest BCUT2D eigenvalue weighted by Gasteiger charge is 2.06. The van der Waals surface area contributed by atoms with E-state index >= 15 is 0 Å². The van der Waals surface area contributed by atoms with E-state index in [2.05, 4.69) is 16.0 Å². The normalized spacial score (nSPS) is 9.84. The van der Waals surface area contributed by atoms with Crippen LogP contribution >= 0.6 is 12.4 Å². The topological polar surface area (TPSA) is 70.2 Å². The van der Waals surface area contributed by atoms with Gasteiger partial charge in [-0.2, -0.15) is 0 Å². The molecule has 0 unspecified atom stereocenters. The molecule has 0 aromatic heterocycles. The average Bonchev–Trinajstić information content (AvgIpc) is 2.59. The van der Waals surface area contributed by atoms with Crippen molar-refractivity contribution in [3.63, 3.8) is 0 Å². The summed E-state index contributed by atoms with van der Waals surface area (Å²) >= 11 is 0. The van der Waals surface area contributed by atoms with Gasteiger partial charge in [-0.15, -0.1) is 12.4 Å². The molecule has 2 aromatic rings. The number of anilines is 1. The Labute approximate surface area is 154 Å². The largest absolute Gasteiger partial charge is 0.352 e. The molecular weight excluding hydrogens is 338 g/mol. The zero-order valence-electron chi connectivity index (χ0n) is 14.5. The Hall–Kier alpha value is -2.37. The molecule has 2 aromatic carbocycles. The molecule has 0 fully saturated rings. The number of halogens is 1. The number of benzene rings is 2. The van der Waals surface area contributed by atoms with Crippen molar-refractivity contribution in [3.8, 4) is 0 Å². The Balaban J connectivity index is 0.00000312. The molecule has 2 amide bonds. The third-order valence-corrected chi connectivity index (χ3v) is 3.59. The number of carbonyl (C=O) groups is 2. The number of nitrogens with one attached hydrogen (secondary N) is 3. The number of rotatable bonds is 7. The SMILES string of the molecule is CNCCC(=O)NCc1cccc(NC(=O)c2ccc(C)cc2)c1.Cl. The van der Waals surface area contributed by atoms with Crippen molar-refractivity contribution < 1.29 is 9.59 Å². The third kappa shape index (κ3) is 6.95. The van der Waals surface area contributed by atoms with Crippen LogP contribution in [0.5, 0.6) is 0 Å². The van der Waals surface area contributed by atoms with Crippen molar-refractivity contribution >= 4 is 29.9 Å². The molecule has 25 heavy (non-hydrogen) atoms. The highest BCUT2D eigenvalue weighted by atomic mass is 35.5. The van der Waals surface area contributed by atoms with Crippen molar-refractivity contribution in [2.75, 3.05) is 18.9 Å². The number of aryl methyl sites for hydroxylation is 1. The fourth-order valence-electron chi connectivity index (χ4n) is 2.19. The Morgan fingerprint density at radius 1 is 1.04 bits per heavy atom. The summed E-state index contributed by atoms with van der Waals surface area (Å²) in [5.41, 5.74) is 3.38. The predicted octanol–water partition coefficient (Wildman–Crippen LogP) is 2.89. The molecule has 0 aliphatic heterocycles. The summed E-state index contributed by atoms with van der Waals surface area (Å²) in [6.07, 6.45) is 0.445. The van der Waals surface area contributed by atoms with Crippen molar-refractivity contribution in [1.29, 1.82) is 0 Å². The molecule has 0 atom stereocenters. The molecule has 0 aliphatic carbocycles. The fourth-order valence-corrected chi connectivity index (χ4v) is 2.19. The molecule has 0 spiro atoms. The van der Waals surface area contributed by atoms with Crippen LogP contribution in [0.25, 0.3) is 0 Å². The Kier molecular flexibility index (Phi) is 8.67. The smallest absolute Gasteiger partial charge is 0.255 e. The molecule has 0 radical (unpaired) electrons. The van der Waals surface area contributed by atoms with Gasteiger partial charge in [0.05, 0.1) is 0 Å². The van der Waals surface area contributed by atoms with Gasteiger partial charge in [0.15, 0.2) is 0 Å². The molecule has 3 N–H and O–H groups in total. The molecular formula is C19H24ClN3O2. The highest BCUT2D eigenvalue weighted by molar-refractivity contribution is 6.04. The molecule has 2 rings (SSSR count). The fraction of sp³-hybridized carbons (Fsp3) is 0.263. The van der Waals surface area contributed by atoms with E-state index < -0.39 is 0 Å². The average molecular weight is 362 g/mol. The first-order valence-corrected chi connectivity index (χ1v) is 7.97. The van der Waals surface area contributed by atoms with E-state index in [1.807, 2.05) is 50.4 Å². The van der Waals surface area contributed by atoms with Gasteiger partial charge in [-0.05, 0) is 43.8 Å². The van der Waals surface area contributed by atoms with Crippen molar-refractivity contribution in [2.24, 2.45) is 0 Å². The van der Waals surface area contributed by atoms with E-state index in [9.17, 15) is 9.59 Å². The van der Waals surface area contributed by atoms with Gasteiger partial charge in [-0.3, -0.25) is 9.59 Å². The molecule has 0 bridgehead atoms. The summed E-state index contributed by atoms with van der Waals surface area (Å²) in [5, 5.41) is 8.68. The van der Waals surface area contributed by atoms with Crippen molar-refractivity contribution in [1.82, 2.24) is 10.6 Å². The number of amides is 2. The zero-order valence-corrected chi connectivity index (χ0v) is 15.3. The Morgan fingerprint density at radius 3 is 2.44 bits per heavy atom. The summed E-state index contributed by atoms with van der Waals surface area (Å²) in [6, 6.07) is 14.9. The second-order valence-electron chi connectivity index (χ2n) is 5.65. The van der Waals surface area contributed by atoms with Gasteiger partial charge in [0.2, 0.25) is 5.91 Å². The van der Waals surface area contributed by atoms with E-state index in [1.54, 1.807) is 12.1 Å². The number of carbonyl (C=O) groups excluding carboxylic acids is 2. The van der Waals surface area contributed by atoms with Gasteiger partial charge in [-0.25, -0.2) is 0 Å². The van der Waals surface area contributed by atoms with Crippen LogP contribution in [0.15, 0.2) is 48.5 Å². The van der Waals surface area contributed by atoms with E-state index in [1.165, 1.54) is 0 Å². The molecule has 5 nitrogen and oxygen atoms in total. The summed E-state index contributed by atoms with van der Waals surface area (Å²) in [5.74, 6) is -0.149. The Morgan fingerprint density at radius 2 is 1.76 bits per heavy atom. The van der Waals surface area contributed by atoms with Crippen LogP contribution in [-0.2, 0) is 11.3 Å². The van der Waals surface area contributed by atoms with E-state index in [0.29, 0.717) is 30.8 Å². The minimum atomic E-state index is -0.148. The van der Waals surface area contributed by atoms with Crippen LogP contribution in [0.4, 0.5) is 5.69 Å². The standard InChI is InChI=1S/C19H23N3O2.ClH/c1-14-6-8-16(9-7-14)19(24)22-17-5-3-4-15(12-17)13-21-18(23)10-11-20-2;/h3-9,12,20H,10-11,13H2,1-2H3,(H,21,23)(H,22,24);1H. The van der Waals surface area contributed by atoms with Gasteiger partial charge in [0.1, 0.15) is 0 Å². The minimum absolute atomic E-state index is 0. The zero-order chi connectivity index (χ0) is 17.4. The van der Waals surface area contributed by atoms with E-state index in [0.717, 1.165) is 11.1 Å². The van der Waals surface area contributed by atoms with Crippen LogP contribution in [0, 0.1) is 6.92 Å². The molecule has 6 heteroatoms. The predicted molar refractivity (Wildman–Crippen MR) is 103 cm³/mol. The first-order valence-electron chi connectivity index (χ1n) is 7.97. The number of hydrogen-bond acceptors (Lipinski definition) is 3. The highest BCUT2D eigenvalue weighted by Crippen LogP contribution is 2.13. The maximum Gasteiger partial charge on any atom is 0.255 e. The first kappa shape index (κ1) is 20.7. The van der Waals surface area contributed by atoms with Gasteiger partial charge in [-0.1, -0.05) is 29.8 Å². The van der Waals surface area contributed by atoms with Gasteiger partial charge >= 0.3 is 0 Å². The minimum Gasteiger partial charge on any atom is -0.352 e. The number of hydrogen-bond donors (Lipinski definition) is 3. The molecule has 0 saturated heterocycles. The molecule has 0 aliphatic rings. The summed E-state index contributed by atoms with van der Waals surface area (Å²) < 4.78 is 0. The van der Waals surface area contributed by atoms with Crippen LogP contribution in [0.2, 0.25) is 0 Å². The maximum atomic E-state index is 12.2. The van der Waals surface area contributed by atoms with Crippen LogP contribution in [-0.4, -0.2) is 25.4 Å². The molecule has 134 valence electrons. The lowest BCUT2D eigenvalue weighted by Crippen LogP contribution is -2.26. The Bertz CT molecular complexity index is 702. The van der Waals surface area contributed by atoms with Crippen LogP contribution in [0.1, 0.15) is 27.9 Å². The second-order valence-corrected chi connectivity index (χ2v) is 5.65. The quantitative estimate of drug-likeness (QED) is 0.710. The van der Waals surface area contributed by atoms with Gasteiger partial charge < -0.3 is 16.0 Å². The molecule has 0 saturated carbocycles. The van der Waals surface area contributed by atoms with Gasteiger partial charge in [0.25, 0.3) is 5.91 Å². The van der Waals surface area contributed by atoms with Crippen molar-refractivity contribution in [2.45, 2.75) is 19.9 Å².